The molecule has 0 radical (unpaired) electrons. The van der Waals surface area contributed by atoms with Crippen molar-refractivity contribution < 1.29 is 23.2 Å². The number of halogens is 1. The number of rotatable bonds is 7. The van der Waals surface area contributed by atoms with Crippen LogP contribution in [0.1, 0.15) is 30.5 Å². The molecule has 25 heavy (non-hydrogen) atoms. The Kier molecular flexibility index (Phi) is 5.60. The van der Waals surface area contributed by atoms with Crippen molar-refractivity contribution in [1.82, 2.24) is 15.0 Å². The summed E-state index contributed by atoms with van der Waals surface area (Å²) in [7, 11) is 1.58. The van der Waals surface area contributed by atoms with Crippen molar-refractivity contribution in [2.45, 2.75) is 25.4 Å². The third-order valence-corrected chi connectivity index (χ3v) is 4.09. The van der Waals surface area contributed by atoms with Gasteiger partial charge in [0.25, 0.3) is 5.89 Å². The number of carbonyl (C=O) groups is 1. The normalized spacial score (nSPS) is 17.0. The monoisotopic (exact) mass is 349 g/mol. The molecule has 7 nitrogen and oxygen atoms in total. The number of carbonyl (C=O) groups excluding carboxylic acids is 1. The zero-order chi connectivity index (χ0) is 17.6. The Bertz CT molecular complexity index is 704. The lowest BCUT2D eigenvalue weighted by molar-refractivity contribution is -0.131. The standard InChI is InChI=1S/C17H20FN3O4/c1-23-9-7-16(22)21-8-6-12(10-21)17-19-15(25-20-17)11-24-14-4-2-13(18)3-5-14/h2-5,12H,6-11H2,1H3. The number of likely N-dealkylation sites (tertiary alicyclic amines) is 1. The van der Waals surface area contributed by atoms with Gasteiger partial charge in [0, 0.05) is 26.1 Å². The number of nitrogens with zero attached hydrogens (tertiary/aromatic N) is 3. The average molecular weight is 349 g/mol. The molecule has 1 saturated heterocycles. The molecule has 1 amide bonds. The molecule has 1 aromatic heterocycles. The Hall–Kier alpha value is -2.48. The van der Waals surface area contributed by atoms with Gasteiger partial charge in [-0.05, 0) is 30.7 Å². The van der Waals surface area contributed by atoms with Crippen LogP contribution in [-0.2, 0) is 16.1 Å². The maximum atomic E-state index is 12.9. The minimum Gasteiger partial charge on any atom is -0.484 e. The van der Waals surface area contributed by atoms with Gasteiger partial charge in [-0.15, -0.1) is 0 Å². The second-order valence-electron chi connectivity index (χ2n) is 5.86. The summed E-state index contributed by atoms with van der Waals surface area (Å²) in [5.74, 6) is 1.28. The summed E-state index contributed by atoms with van der Waals surface area (Å²) in [5.41, 5.74) is 0. The molecule has 1 aromatic carbocycles. The molecule has 2 heterocycles. The highest BCUT2D eigenvalue weighted by atomic mass is 19.1. The summed E-state index contributed by atoms with van der Waals surface area (Å²) in [6.07, 6.45) is 1.18. The summed E-state index contributed by atoms with van der Waals surface area (Å²) in [4.78, 5) is 18.1. The van der Waals surface area contributed by atoms with Crippen molar-refractivity contribution in [3.8, 4) is 5.75 Å². The van der Waals surface area contributed by atoms with Crippen molar-refractivity contribution in [3.63, 3.8) is 0 Å². The van der Waals surface area contributed by atoms with Crippen LogP contribution in [0.15, 0.2) is 28.8 Å². The molecule has 1 fully saturated rings. The third-order valence-electron chi connectivity index (χ3n) is 4.09. The number of hydrogen-bond acceptors (Lipinski definition) is 6. The van der Waals surface area contributed by atoms with Crippen LogP contribution in [0.2, 0.25) is 0 Å². The van der Waals surface area contributed by atoms with Gasteiger partial charge < -0.3 is 18.9 Å². The fraction of sp³-hybridized carbons (Fsp3) is 0.471. The van der Waals surface area contributed by atoms with Crippen LogP contribution in [0.4, 0.5) is 4.39 Å². The maximum Gasteiger partial charge on any atom is 0.264 e. The minimum atomic E-state index is -0.321. The summed E-state index contributed by atoms with van der Waals surface area (Å²) in [6, 6.07) is 5.71. The lowest BCUT2D eigenvalue weighted by atomic mass is 10.1. The van der Waals surface area contributed by atoms with E-state index in [9.17, 15) is 9.18 Å². The van der Waals surface area contributed by atoms with E-state index in [0.29, 0.717) is 43.6 Å². The van der Waals surface area contributed by atoms with Crippen LogP contribution >= 0.6 is 0 Å². The zero-order valence-electron chi connectivity index (χ0n) is 14.0. The van der Waals surface area contributed by atoms with Gasteiger partial charge in [0.1, 0.15) is 11.6 Å². The zero-order valence-corrected chi connectivity index (χ0v) is 14.0. The molecule has 134 valence electrons. The molecule has 8 heteroatoms. The molecular weight excluding hydrogens is 329 g/mol. The maximum absolute atomic E-state index is 12.9. The largest absolute Gasteiger partial charge is 0.484 e. The molecule has 0 saturated carbocycles. The molecule has 2 aromatic rings. The lowest BCUT2D eigenvalue weighted by Gasteiger charge is -2.15. The topological polar surface area (TPSA) is 77.7 Å². The first-order valence-corrected chi connectivity index (χ1v) is 8.13. The van der Waals surface area contributed by atoms with E-state index in [1.54, 1.807) is 12.0 Å². The van der Waals surface area contributed by atoms with Crippen molar-refractivity contribution >= 4 is 5.91 Å². The van der Waals surface area contributed by atoms with Crippen LogP contribution in [0.5, 0.6) is 5.75 Å². The Morgan fingerprint density at radius 1 is 1.40 bits per heavy atom. The predicted octanol–water partition coefficient (Wildman–Crippen LogP) is 2.14. The van der Waals surface area contributed by atoms with Crippen molar-refractivity contribution in [3.05, 3.63) is 41.8 Å². The molecule has 1 aliphatic heterocycles. The Morgan fingerprint density at radius 3 is 2.96 bits per heavy atom. The number of aromatic nitrogens is 2. The third kappa shape index (κ3) is 4.54. The van der Waals surface area contributed by atoms with Crippen LogP contribution in [0, 0.1) is 5.82 Å². The second kappa shape index (κ2) is 8.06. The predicted molar refractivity (Wildman–Crippen MR) is 85.5 cm³/mol. The molecule has 0 spiro atoms. The average Bonchev–Trinajstić information content (AvgIpc) is 3.28. The summed E-state index contributed by atoms with van der Waals surface area (Å²) in [6.45, 7) is 1.80. The van der Waals surface area contributed by atoms with Crippen LogP contribution in [0.25, 0.3) is 0 Å². The van der Waals surface area contributed by atoms with Gasteiger partial charge >= 0.3 is 0 Å². The number of benzene rings is 1. The smallest absolute Gasteiger partial charge is 0.264 e. The van der Waals surface area contributed by atoms with Gasteiger partial charge in [-0.1, -0.05) is 5.16 Å². The first kappa shape index (κ1) is 17.3. The van der Waals surface area contributed by atoms with E-state index in [-0.39, 0.29) is 24.2 Å². The lowest BCUT2D eigenvalue weighted by Crippen LogP contribution is -2.29. The number of amides is 1. The fourth-order valence-electron chi connectivity index (χ4n) is 2.71. The molecule has 1 atom stereocenters. The molecule has 1 aliphatic rings. The first-order chi connectivity index (χ1) is 12.2. The quantitative estimate of drug-likeness (QED) is 0.762. The summed E-state index contributed by atoms with van der Waals surface area (Å²) in [5, 5.41) is 3.99. The van der Waals surface area contributed by atoms with E-state index < -0.39 is 0 Å². The van der Waals surface area contributed by atoms with E-state index in [1.165, 1.54) is 24.3 Å². The molecule has 3 rings (SSSR count). The number of ether oxygens (including phenoxy) is 2. The van der Waals surface area contributed by atoms with Crippen molar-refractivity contribution in [2.75, 3.05) is 26.8 Å². The molecule has 0 N–H and O–H groups in total. The van der Waals surface area contributed by atoms with E-state index in [1.807, 2.05) is 0 Å². The van der Waals surface area contributed by atoms with Crippen LogP contribution in [-0.4, -0.2) is 47.8 Å². The first-order valence-electron chi connectivity index (χ1n) is 8.13. The second-order valence-corrected chi connectivity index (χ2v) is 5.86. The highest BCUT2D eigenvalue weighted by Gasteiger charge is 2.30. The fourth-order valence-corrected chi connectivity index (χ4v) is 2.71. The summed E-state index contributed by atoms with van der Waals surface area (Å²) < 4.78 is 28.5. The van der Waals surface area contributed by atoms with Gasteiger partial charge in [-0.3, -0.25) is 4.79 Å². The van der Waals surface area contributed by atoms with E-state index >= 15 is 0 Å². The Balaban J connectivity index is 1.51. The SMILES string of the molecule is COCCC(=O)N1CCC(c2noc(COc3ccc(F)cc3)n2)C1. The van der Waals surface area contributed by atoms with E-state index in [4.69, 9.17) is 14.0 Å². The van der Waals surface area contributed by atoms with Crippen molar-refractivity contribution in [2.24, 2.45) is 0 Å². The van der Waals surface area contributed by atoms with Gasteiger partial charge in [0.05, 0.1) is 13.0 Å². The van der Waals surface area contributed by atoms with E-state index in [2.05, 4.69) is 10.1 Å². The number of methoxy groups -OCH3 is 1. The molecular formula is C17H20FN3O4. The van der Waals surface area contributed by atoms with Gasteiger partial charge in [-0.25, -0.2) is 4.39 Å². The Labute approximate surface area is 144 Å². The summed E-state index contributed by atoms with van der Waals surface area (Å²) >= 11 is 0. The van der Waals surface area contributed by atoms with Gasteiger partial charge in [0.2, 0.25) is 5.91 Å². The molecule has 0 aliphatic carbocycles. The molecule has 1 unspecified atom stereocenters. The Morgan fingerprint density at radius 2 is 2.20 bits per heavy atom. The highest BCUT2D eigenvalue weighted by Crippen LogP contribution is 2.25. The minimum absolute atomic E-state index is 0.0646. The highest BCUT2D eigenvalue weighted by molar-refractivity contribution is 5.76. The molecule has 0 bridgehead atoms. The van der Waals surface area contributed by atoms with Crippen molar-refractivity contribution in [1.29, 1.82) is 0 Å². The van der Waals surface area contributed by atoms with Gasteiger partial charge in [0.15, 0.2) is 12.4 Å². The van der Waals surface area contributed by atoms with Gasteiger partial charge in [-0.2, -0.15) is 4.98 Å². The van der Waals surface area contributed by atoms with E-state index in [0.717, 1.165) is 6.42 Å². The number of hydrogen-bond donors (Lipinski definition) is 0. The van der Waals surface area contributed by atoms with Crippen LogP contribution < -0.4 is 4.74 Å². The van der Waals surface area contributed by atoms with Crippen LogP contribution in [0.3, 0.4) is 0 Å².